The van der Waals surface area contributed by atoms with Crippen LogP contribution < -0.4 is 0 Å². The lowest BCUT2D eigenvalue weighted by Gasteiger charge is -2.37. The summed E-state index contributed by atoms with van der Waals surface area (Å²) in [5, 5.41) is 11.4. The maximum absolute atomic E-state index is 10.7. The molecular weight excluding hydrogens is 248 g/mol. The van der Waals surface area contributed by atoms with Crippen LogP contribution in [-0.2, 0) is 11.2 Å². The highest BCUT2D eigenvalue weighted by Gasteiger charge is 2.34. The molecule has 2 unspecified atom stereocenters. The summed E-state index contributed by atoms with van der Waals surface area (Å²) >= 11 is 5.98. The summed E-state index contributed by atoms with van der Waals surface area (Å²) in [4.78, 5) is 0. The van der Waals surface area contributed by atoms with Crippen LogP contribution in [0.1, 0.15) is 38.2 Å². The zero-order valence-electron chi connectivity index (χ0n) is 10.9. The third kappa shape index (κ3) is 3.71. The maximum atomic E-state index is 10.7. The molecule has 0 saturated carbocycles. The molecule has 0 spiro atoms. The van der Waals surface area contributed by atoms with Gasteiger partial charge in [-0.05, 0) is 30.5 Å². The van der Waals surface area contributed by atoms with Crippen LogP contribution in [0.3, 0.4) is 0 Å². The predicted octanol–water partition coefficient (Wildman–Crippen LogP) is 3.59. The van der Waals surface area contributed by atoms with Gasteiger partial charge in [-0.3, -0.25) is 0 Å². The standard InChI is InChI=1S/C15H21ClO2/c1-2-4-14-11-15(17,7-8-18-14)10-12-5-3-6-13(16)9-12/h3,5-6,9,14,17H,2,4,7-8,10-11H2,1H3. The van der Waals surface area contributed by atoms with Gasteiger partial charge in [-0.15, -0.1) is 0 Å². The van der Waals surface area contributed by atoms with Crippen molar-refractivity contribution in [2.24, 2.45) is 0 Å². The van der Waals surface area contributed by atoms with Crippen molar-refractivity contribution in [3.8, 4) is 0 Å². The Labute approximate surface area is 114 Å². The van der Waals surface area contributed by atoms with Gasteiger partial charge in [0.25, 0.3) is 0 Å². The van der Waals surface area contributed by atoms with E-state index >= 15 is 0 Å². The molecule has 0 radical (unpaired) electrons. The summed E-state index contributed by atoms with van der Waals surface area (Å²) in [7, 11) is 0. The molecule has 100 valence electrons. The molecule has 0 amide bonds. The molecule has 1 aromatic carbocycles. The third-order valence-electron chi connectivity index (χ3n) is 3.56. The Balaban J connectivity index is 2.02. The molecule has 1 N–H and O–H groups in total. The molecule has 2 atom stereocenters. The summed E-state index contributed by atoms with van der Waals surface area (Å²) in [6, 6.07) is 7.75. The van der Waals surface area contributed by atoms with E-state index in [9.17, 15) is 5.11 Å². The molecule has 1 aromatic rings. The molecule has 2 nitrogen and oxygen atoms in total. The van der Waals surface area contributed by atoms with E-state index in [1.165, 1.54) is 0 Å². The fraction of sp³-hybridized carbons (Fsp3) is 0.600. The quantitative estimate of drug-likeness (QED) is 0.904. The van der Waals surface area contributed by atoms with Crippen LogP contribution in [0.15, 0.2) is 24.3 Å². The van der Waals surface area contributed by atoms with E-state index in [1.807, 2.05) is 24.3 Å². The topological polar surface area (TPSA) is 29.5 Å². The average molecular weight is 269 g/mol. The van der Waals surface area contributed by atoms with Gasteiger partial charge in [-0.1, -0.05) is 37.1 Å². The van der Waals surface area contributed by atoms with E-state index in [2.05, 4.69) is 6.92 Å². The fourth-order valence-corrected chi connectivity index (χ4v) is 2.91. The fourth-order valence-electron chi connectivity index (χ4n) is 2.70. The molecule has 0 aromatic heterocycles. The van der Waals surface area contributed by atoms with Crippen LogP contribution in [0, 0.1) is 0 Å². The highest BCUT2D eigenvalue weighted by molar-refractivity contribution is 6.30. The molecule has 0 aliphatic carbocycles. The van der Waals surface area contributed by atoms with Crippen molar-refractivity contribution < 1.29 is 9.84 Å². The van der Waals surface area contributed by atoms with Crippen LogP contribution in [0.4, 0.5) is 0 Å². The van der Waals surface area contributed by atoms with Gasteiger partial charge < -0.3 is 9.84 Å². The first-order valence-electron chi connectivity index (χ1n) is 6.70. The number of ether oxygens (including phenoxy) is 1. The third-order valence-corrected chi connectivity index (χ3v) is 3.80. The van der Waals surface area contributed by atoms with E-state index in [0.29, 0.717) is 19.4 Å². The van der Waals surface area contributed by atoms with Crippen molar-refractivity contribution in [3.05, 3.63) is 34.9 Å². The van der Waals surface area contributed by atoms with E-state index in [1.54, 1.807) is 0 Å². The van der Waals surface area contributed by atoms with Crippen molar-refractivity contribution >= 4 is 11.6 Å². The first-order valence-corrected chi connectivity index (χ1v) is 7.07. The summed E-state index contributed by atoms with van der Waals surface area (Å²) in [5.74, 6) is 0. The monoisotopic (exact) mass is 268 g/mol. The van der Waals surface area contributed by atoms with E-state index in [0.717, 1.165) is 29.8 Å². The zero-order chi connectivity index (χ0) is 13.0. The Morgan fingerprint density at radius 2 is 2.33 bits per heavy atom. The van der Waals surface area contributed by atoms with Gasteiger partial charge in [0.1, 0.15) is 0 Å². The Bertz CT molecular complexity index is 392. The Morgan fingerprint density at radius 1 is 1.50 bits per heavy atom. The molecule has 1 fully saturated rings. The molecule has 1 saturated heterocycles. The van der Waals surface area contributed by atoms with Crippen LogP contribution in [0.25, 0.3) is 0 Å². The molecule has 3 heteroatoms. The molecule has 18 heavy (non-hydrogen) atoms. The highest BCUT2D eigenvalue weighted by Crippen LogP contribution is 2.30. The number of halogens is 1. The minimum absolute atomic E-state index is 0.202. The van der Waals surface area contributed by atoms with Gasteiger partial charge in [0.05, 0.1) is 11.7 Å². The van der Waals surface area contributed by atoms with Gasteiger partial charge in [0.2, 0.25) is 0 Å². The number of rotatable bonds is 4. The first kappa shape index (κ1) is 13.9. The maximum Gasteiger partial charge on any atom is 0.0734 e. The summed E-state index contributed by atoms with van der Waals surface area (Å²) in [5.41, 5.74) is 0.463. The van der Waals surface area contributed by atoms with Crippen molar-refractivity contribution in [2.45, 2.75) is 50.7 Å². The number of hydrogen-bond acceptors (Lipinski definition) is 2. The van der Waals surface area contributed by atoms with E-state index in [4.69, 9.17) is 16.3 Å². The Morgan fingerprint density at radius 3 is 3.06 bits per heavy atom. The van der Waals surface area contributed by atoms with Gasteiger partial charge in [0.15, 0.2) is 0 Å². The van der Waals surface area contributed by atoms with Crippen LogP contribution in [0.2, 0.25) is 5.02 Å². The number of benzene rings is 1. The normalized spacial score (nSPS) is 28.3. The van der Waals surface area contributed by atoms with Crippen molar-refractivity contribution in [1.29, 1.82) is 0 Å². The van der Waals surface area contributed by atoms with Crippen LogP contribution in [-0.4, -0.2) is 23.4 Å². The average Bonchev–Trinajstić information content (AvgIpc) is 2.28. The smallest absolute Gasteiger partial charge is 0.0734 e. The highest BCUT2D eigenvalue weighted by atomic mass is 35.5. The SMILES string of the molecule is CCCC1CC(O)(Cc2cccc(Cl)c2)CCO1. The lowest BCUT2D eigenvalue weighted by atomic mass is 9.83. The largest absolute Gasteiger partial charge is 0.389 e. The predicted molar refractivity (Wildman–Crippen MR) is 74.0 cm³/mol. The van der Waals surface area contributed by atoms with E-state index in [-0.39, 0.29) is 6.10 Å². The lowest BCUT2D eigenvalue weighted by Crippen LogP contribution is -2.42. The molecule has 1 aliphatic heterocycles. The Hall–Kier alpha value is -0.570. The lowest BCUT2D eigenvalue weighted by molar-refractivity contribution is -0.104. The number of aliphatic hydroxyl groups is 1. The van der Waals surface area contributed by atoms with Crippen LogP contribution >= 0.6 is 11.6 Å². The second kappa shape index (κ2) is 6.05. The second-order valence-electron chi connectivity index (χ2n) is 5.27. The minimum Gasteiger partial charge on any atom is -0.389 e. The molecule has 1 heterocycles. The number of hydrogen-bond donors (Lipinski definition) is 1. The van der Waals surface area contributed by atoms with Gasteiger partial charge in [-0.25, -0.2) is 0 Å². The Kier molecular flexibility index (Phi) is 4.66. The van der Waals surface area contributed by atoms with Crippen molar-refractivity contribution in [1.82, 2.24) is 0 Å². The second-order valence-corrected chi connectivity index (χ2v) is 5.70. The summed E-state index contributed by atoms with van der Waals surface area (Å²) in [6.07, 6.45) is 4.42. The van der Waals surface area contributed by atoms with Crippen molar-refractivity contribution in [3.63, 3.8) is 0 Å². The van der Waals surface area contributed by atoms with Gasteiger partial charge in [0, 0.05) is 24.5 Å². The minimum atomic E-state index is -0.636. The van der Waals surface area contributed by atoms with Crippen molar-refractivity contribution in [2.75, 3.05) is 6.61 Å². The van der Waals surface area contributed by atoms with E-state index < -0.39 is 5.60 Å². The molecule has 1 aliphatic rings. The summed E-state index contributed by atoms with van der Waals surface area (Å²) in [6.45, 7) is 2.80. The van der Waals surface area contributed by atoms with Gasteiger partial charge in [-0.2, -0.15) is 0 Å². The van der Waals surface area contributed by atoms with Gasteiger partial charge >= 0.3 is 0 Å². The zero-order valence-corrected chi connectivity index (χ0v) is 11.6. The molecule has 0 bridgehead atoms. The molecular formula is C15H21ClO2. The summed E-state index contributed by atoms with van der Waals surface area (Å²) < 4.78 is 5.69. The molecule has 2 rings (SSSR count). The first-order chi connectivity index (χ1) is 8.61. The van der Waals surface area contributed by atoms with Crippen LogP contribution in [0.5, 0.6) is 0 Å².